The van der Waals surface area contributed by atoms with Gasteiger partial charge in [-0.05, 0) is 40.5 Å². The number of aromatic nitrogens is 2. The standard InChI is InChI=1S/C12H10BrF3N4/c1-6-2-3-7(13)8(4-6)18-10-5-9(17)19-11(20-10)12(14,15)16/h2-5H,1H3,(H3,17,18,19,20). The van der Waals surface area contributed by atoms with E-state index >= 15 is 0 Å². The first-order valence-corrected chi connectivity index (χ1v) is 6.30. The Morgan fingerprint density at radius 2 is 1.90 bits per heavy atom. The zero-order valence-electron chi connectivity index (χ0n) is 10.3. The predicted molar refractivity (Wildman–Crippen MR) is 73.6 cm³/mol. The van der Waals surface area contributed by atoms with Crippen molar-refractivity contribution in [2.24, 2.45) is 0 Å². The van der Waals surface area contributed by atoms with Crippen molar-refractivity contribution in [2.75, 3.05) is 11.1 Å². The normalized spacial score (nSPS) is 11.4. The molecule has 0 fully saturated rings. The van der Waals surface area contributed by atoms with Gasteiger partial charge in [-0.15, -0.1) is 0 Å². The first-order chi connectivity index (χ1) is 9.25. The number of hydrogen-bond acceptors (Lipinski definition) is 4. The Morgan fingerprint density at radius 3 is 2.55 bits per heavy atom. The molecule has 2 rings (SSSR count). The van der Waals surface area contributed by atoms with E-state index < -0.39 is 12.0 Å². The van der Waals surface area contributed by atoms with E-state index in [4.69, 9.17) is 5.73 Å². The van der Waals surface area contributed by atoms with Crippen LogP contribution in [0.25, 0.3) is 0 Å². The number of alkyl halides is 3. The molecule has 1 aromatic carbocycles. The largest absolute Gasteiger partial charge is 0.451 e. The highest BCUT2D eigenvalue weighted by Gasteiger charge is 2.35. The van der Waals surface area contributed by atoms with E-state index in [9.17, 15) is 13.2 Å². The van der Waals surface area contributed by atoms with Crippen molar-refractivity contribution >= 4 is 33.3 Å². The average Bonchev–Trinajstić information content (AvgIpc) is 2.32. The third kappa shape index (κ3) is 3.38. The van der Waals surface area contributed by atoms with E-state index in [2.05, 4.69) is 31.2 Å². The van der Waals surface area contributed by atoms with Crippen LogP contribution in [0.4, 0.5) is 30.5 Å². The maximum absolute atomic E-state index is 12.6. The Hall–Kier alpha value is -1.83. The second kappa shape index (κ2) is 5.28. The topological polar surface area (TPSA) is 63.8 Å². The molecule has 20 heavy (non-hydrogen) atoms. The molecule has 4 nitrogen and oxygen atoms in total. The van der Waals surface area contributed by atoms with Crippen LogP contribution in [0.1, 0.15) is 11.4 Å². The van der Waals surface area contributed by atoms with Crippen LogP contribution in [-0.2, 0) is 6.18 Å². The summed E-state index contributed by atoms with van der Waals surface area (Å²) < 4.78 is 38.5. The van der Waals surface area contributed by atoms with Gasteiger partial charge in [0.25, 0.3) is 0 Å². The molecule has 0 amide bonds. The molecular weight excluding hydrogens is 337 g/mol. The lowest BCUT2D eigenvalue weighted by Gasteiger charge is -2.11. The summed E-state index contributed by atoms with van der Waals surface area (Å²) in [5.41, 5.74) is 6.92. The minimum Gasteiger partial charge on any atom is -0.384 e. The predicted octanol–water partition coefficient (Wildman–Crippen LogP) is 3.89. The zero-order chi connectivity index (χ0) is 14.9. The highest BCUT2D eigenvalue weighted by molar-refractivity contribution is 9.10. The molecule has 0 aliphatic rings. The molecule has 0 aliphatic heterocycles. The number of benzene rings is 1. The molecule has 1 heterocycles. The molecule has 3 N–H and O–H groups in total. The monoisotopic (exact) mass is 346 g/mol. The molecule has 1 aromatic heterocycles. The van der Waals surface area contributed by atoms with Crippen molar-refractivity contribution in [3.05, 3.63) is 40.1 Å². The van der Waals surface area contributed by atoms with Crippen LogP contribution in [-0.4, -0.2) is 9.97 Å². The minimum atomic E-state index is -4.64. The molecule has 8 heteroatoms. The SMILES string of the molecule is Cc1ccc(Br)c(Nc2cc(N)nc(C(F)(F)F)n2)c1. The average molecular weight is 347 g/mol. The van der Waals surface area contributed by atoms with Gasteiger partial charge >= 0.3 is 6.18 Å². The van der Waals surface area contributed by atoms with Gasteiger partial charge in [-0.2, -0.15) is 13.2 Å². The summed E-state index contributed by atoms with van der Waals surface area (Å²) in [4.78, 5) is 6.60. The molecule has 0 aliphatic carbocycles. The quantitative estimate of drug-likeness (QED) is 0.865. The number of rotatable bonds is 2. The van der Waals surface area contributed by atoms with Crippen LogP contribution in [0.5, 0.6) is 0 Å². The molecule has 0 spiro atoms. The Labute approximate surface area is 121 Å². The Morgan fingerprint density at radius 1 is 1.20 bits per heavy atom. The van der Waals surface area contributed by atoms with Crippen LogP contribution in [0.2, 0.25) is 0 Å². The molecular formula is C12H10BrF3N4. The van der Waals surface area contributed by atoms with Crippen LogP contribution in [0, 0.1) is 6.92 Å². The van der Waals surface area contributed by atoms with Crippen molar-refractivity contribution in [3.8, 4) is 0 Å². The number of hydrogen-bond donors (Lipinski definition) is 2. The number of aryl methyl sites for hydroxylation is 1. The summed E-state index contributed by atoms with van der Waals surface area (Å²) in [7, 11) is 0. The molecule has 106 valence electrons. The first-order valence-electron chi connectivity index (χ1n) is 5.50. The maximum atomic E-state index is 12.6. The van der Waals surface area contributed by atoms with Gasteiger partial charge in [0.05, 0.1) is 5.69 Å². The van der Waals surface area contributed by atoms with Gasteiger partial charge in [0, 0.05) is 10.5 Å². The Kier molecular flexibility index (Phi) is 3.85. The summed E-state index contributed by atoms with van der Waals surface area (Å²) in [6.45, 7) is 1.87. The second-order valence-electron chi connectivity index (χ2n) is 4.11. The van der Waals surface area contributed by atoms with E-state index in [0.29, 0.717) is 10.2 Å². The van der Waals surface area contributed by atoms with Crippen LogP contribution < -0.4 is 11.1 Å². The fourth-order valence-electron chi connectivity index (χ4n) is 1.53. The molecule has 0 radical (unpaired) electrons. The summed E-state index contributed by atoms with van der Waals surface area (Å²) >= 11 is 3.31. The number of nitrogen functional groups attached to an aromatic ring is 1. The Balaban J connectivity index is 2.39. The van der Waals surface area contributed by atoms with Crippen LogP contribution in [0.15, 0.2) is 28.7 Å². The summed E-state index contributed by atoms with van der Waals surface area (Å²) in [6, 6.07) is 6.66. The number of nitrogens with zero attached hydrogens (tertiary/aromatic N) is 2. The van der Waals surface area contributed by atoms with Gasteiger partial charge in [-0.1, -0.05) is 6.07 Å². The van der Waals surface area contributed by atoms with Crippen LogP contribution in [0.3, 0.4) is 0 Å². The van der Waals surface area contributed by atoms with Gasteiger partial charge in [0.1, 0.15) is 11.6 Å². The highest BCUT2D eigenvalue weighted by atomic mass is 79.9. The lowest BCUT2D eigenvalue weighted by molar-refractivity contribution is -0.144. The lowest BCUT2D eigenvalue weighted by atomic mass is 10.2. The fraction of sp³-hybridized carbons (Fsp3) is 0.167. The molecule has 0 unspecified atom stereocenters. The first kappa shape index (κ1) is 14.6. The third-order valence-corrected chi connectivity index (χ3v) is 3.08. The van der Waals surface area contributed by atoms with Gasteiger partial charge < -0.3 is 11.1 Å². The third-order valence-electron chi connectivity index (χ3n) is 2.38. The summed E-state index contributed by atoms with van der Waals surface area (Å²) in [6.07, 6.45) is -4.64. The van der Waals surface area contributed by atoms with Crippen molar-refractivity contribution in [2.45, 2.75) is 13.1 Å². The van der Waals surface area contributed by atoms with E-state index in [1.165, 1.54) is 6.07 Å². The fourth-order valence-corrected chi connectivity index (χ4v) is 1.88. The molecule has 0 saturated heterocycles. The van der Waals surface area contributed by atoms with Gasteiger partial charge in [-0.25, -0.2) is 9.97 Å². The van der Waals surface area contributed by atoms with Crippen molar-refractivity contribution in [1.29, 1.82) is 0 Å². The number of nitrogens with one attached hydrogen (secondary N) is 1. The number of halogens is 4. The van der Waals surface area contributed by atoms with Gasteiger partial charge in [-0.3, -0.25) is 0 Å². The highest BCUT2D eigenvalue weighted by Crippen LogP contribution is 2.30. The molecule has 0 atom stereocenters. The van der Waals surface area contributed by atoms with E-state index in [1.54, 1.807) is 12.1 Å². The van der Waals surface area contributed by atoms with Crippen molar-refractivity contribution in [1.82, 2.24) is 9.97 Å². The lowest BCUT2D eigenvalue weighted by Crippen LogP contribution is -2.13. The zero-order valence-corrected chi connectivity index (χ0v) is 11.9. The van der Waals surface area contributed by atoms with Crippen molar-refractivity contribution in [3.63, 3.8) is 0 Å². The summed E-state index contributed by atoms with van der Waals surface area (Å²) in [5, 5.41) is 2.79. The number of nitrogens with two attached hydrogens (primary N) is 1. The van der Waals surface area contributed by atoms with E-state index in [1.807, 2.05) is 13.0 Å². The van der Waals surface area contributed by atoms with Gasteiger partial charge in [0.2, 0.25) is 5.82 Å². The number of anilines is 3. The minimum absolute atomic E-state index is 0.0175. The van der Waals surface area contributed by atoms with Crippen molar-refractivity contribution < 1.29 is 13.2 Å². The van der Waals surface area contributed by atoms with E-state index in [0.717, 1.165) is 5.56 Å². The molecule has 0 bridgehead atoms. The maximum Gasteiger partial charge on any atom is 0.451 e. The Bertz CT molecular complexity index is 643. The van der Waals surface area contributed by atoms with Crippen LogP contribution >= 0.6 is 15.9 Å². The van der Waals surface area contributed by atoms with E-state index in [-0.39, 0.29) is 11.6 Å². The molecule has 2 aromatic rings. The smallest absolute Gasteiger partial charge is 0.384 e. The van der Waals surface area contributed by atoms with Gasteiger partial charge in [0.15, 0.2) is 0 Å². The second-order valence-corrected chi connectivity index (χ2v) is 4.96. The summed E-state index contributed by atoms with van der Waals surface area (Å²) in [5.74, 6) is -1.54. The molecule has 0 saturated carbocycles.